The molecule has 0 aromatic heterocycles. The number of benzene rings is 2. The van der Waals surface area contributed by atoms with Crippen LogP contribution in [0.25, 0.3) is 0 Å². The Bertz CT molecular complexity index is 801. The lowest BCUT2D eigenvalue weighted by Crippen LogP contribution is -2.42. The average molecular weight is 437 g/mol. The second-order valence-electron chi connectivity index (χ2n) is 6.67. The average Bonchev–Trinajstić information content (AvgIpc) is 2.76. The maximum absolute atomic E-state index is 12.2. The van der Waals surface area contributed by atoms with Gasteiger partial charge in [0.2, 0.25) is 0 Å². The number of methoxy groups -OCH3 is 1. The molecular formula is C22H29F2N3O4. The van der Waals surface area contributed by atoms with Gasteiger partial charge in [-0.15, -0.1) is 0 Å². The van der Waals surface area contributed by atoms with Gasteiger partial charge in [-0.1, -0.05) is 12.1 Å². The summed E-state index contributed by atoms with van der Waals surface area (Å²) >= 11 is 0. The largest absolute Gasteiger partial charge is 0.497 e. The number of nitrogens with one attached hydrogen (secondary N) is 2. The highest BCUT2D eigenvalue weighted by Gasteiger charge is 2.11. The van der Waals surface area contributed by atoms with E-state index in [0.717, 1.165) is 11.5 Å². The Balaban J connectivity index is 1.86. The zero-order valence-corrected chi connectivity index (χ0v) is 17.8. The van der Waals surface area contributed by atoms with E-state index in [-0.39, 0.29) is 18.4 Å². The fourth-order valence-electron chi connectivity index (χ4n) is 2.66. The molecule has 3 N–H and O–H groups in total. The molecular weight excluding hydrogens is 408 g/mol. The summed E-state index contributed by atoms with van der Waals surface area (Å²) in [5, 5.41) is 16.6. The molecule has 0 aliphatic rings. The van der Waals surface area contributed by atoms with E-state index in [1.165, 1.54) is 24.3 Å². The summed E-state index contributed by atoms with van der Waals surface area (Å²) < 4.78 is 39.8. The minimum absolute atomic E-state index is 0.0373. The topological polar surface area (TPSA) is 84.3 Å². The van der Waals surface area contributed by atoms with Crippen LogP contribution in [0, 0.1) is 0 Å². The van der Waals surface area contributed by atoms with Crippen molar-refractivity contribution in [1.29, 1.82) is 0 Å². The van der Waals surface area contributed by atoms with Gasteiger partial charge in [0.25, 0.3) is 0 Å². The zero-order valence-electron chi connectivity index (χ0n) is 17.8. The van der Waals surface area contributed by atoms with Crippen molar-refractivity contribution >= 4 is 5.96 Å². The van der Waals surface area contributed by atoms with Gasteiger partial charge in [0.05, 0.1) is 26.3 Å². The van der Waals surface area contributed by atoms with E-state index in [4.69, 9.17) is 9.47 Å². The highest BCUT2D eigenvalue weighted by Crippen LogP contribution is 2.20. The zero-order chi connectivity index (χ0) is 22.6. The van der Waals surface area contributed by atoms with Crippen molar-refractivity contribution in [3.05, 3.63) is 54.1 Å². The smallest absolute Gasteiger partial charge is 0.387 e. The van der Waals surface area contributed by atoms with Crippen molar-refractivity contribution in [2.24, 2.45) is 4.99 Å². The summed E-state index contributed by atoms with van der Waals surface area (Å²) in [5.74, 6) is 2.06. The number of alkyl halides is 2. The first-order chi connectivity index (χ1) is 14.9. The highest BCUT2D eigenvalue weighted by atomic mass is 19.3. The van der Waals surface area contributed by atoms with Crippen LogP contribution in [-0.4, -0.2) is 50.5 Å². The van der Waals surface area contributed by atoms with Crippen molar-refractivity contribution in [3.8, 4) is 17.2 Å². The maximum atomic E-state index is 12.2. The molecule has 7 nitrogen and oxygen atoms in total. The summed E-state index contributed by atoms with van der Waals surface area (Å²) in [5.41, 5.74) is 0.553. The first kappa shape index (κ1) is 24.2. The summed E-state index contributed by atoms with van der Waals surface area (Å²) in [6, 6.07) is 13.2. The molecule has 0 fully saturated rings. The van der Waals surface area contributed by atoms with Crippen LogP contribution < -0.4 is 24.8 Å². The van der Waals surface area contributed by atoms with E-state index in [1.807, 2.05) is 38.1 Å². The van der Waals surface area contributed by atoms with E-state index in [0.29, 0.717) is 24.6 Å². The van der Waals surface area contributed by atoms with Gasteiger partial charge in [-0.05, 0) is 55.8 Å². The molecule has 0 saturated heterocycles. The molecule has 2 rings (SSSR count). The lowest BCUT2D eigenvalue weighted by atomic mass is 10.1. The predicted molar refractivity (Wildman–Crippen MR) is 115 cm³/mol. The Morgan fingerprint density at radius 3 is 2.13 bits per heavy atom. The number of guanidine groups is 1. The first-order valence-corrected chi connectivity index (χ1v) is 9.97. The highest BCUT2D eigenvalue weighted by molar-refractivity contribution is 5.79. The minimum Gasteiger partial charge on any atom is -0.497 e. The number of rotatable bonds is 11. The summed E-state index contributed by atoms with van der Waals surface area (Å²) in [7, 11) is 1.61. The molecule has 0 saturated carbocycles. The van der Waals surface area contributed by atoms with Crippen LogP contribution in [0.2, 0.25) is 0 Å². The van der Waals surface area contributed by atoms with Crippen LogP contribution in [0.1, 0.15) is 25.5 Å². The number of nitrogens with zero attached hydrogens (tertiary/aromatic N) is 1. The molecule has 2 aromatic carbocycles. The van der Waals surface area contributed by atoms with Crippen LogP contribution in [-0.2, 0) is 0 Å². The molecule has 0 heterocycles. The van der Waals surface area contributed by atoms with E-state index in [1.54, 1.807) is 7.11 Å². The molecule has 0 amide bonds. The van der Waals surface area contributed by atoms with Crippen LogP contribution in [0.3, 0.4) is 0 Å². The van der Waals surface area contributed by atoms with Gasteiger partial charge in [0.1, 0.15) is 23.4 Å². The Kier molecular flexibility index (Phi) is 9.83. The predicted octanol–water partition coefficient (Wildman–Crippen LogP) is 3.35. The van der Waals surface area contributed by atoms with Gasteiger partial charge >= 0.3 is 6.61 Å². The normalized spacial score (nSPS) is 13.5. The third kappa shape index (κ3) is 8.67. The molecule has 0 spiro atoms. The second-order valence-corrected chi connectivity index (χ2v) is 6.67. The number of halogens is 2. The van der Waals surface area contributed by atoms with Crippen LogP contribution in [0.4, 0.5) is 8.78 Å². The van der Waals surface area contributed by atoms with Gasteiger partial charge in [0.15, 0.2) is 5.96 Å². The number of aliphatic hydroxyl groups excluding tert-OH is 1. The molecule has 0 bridgehead atoms. The van der Waals surface area contributed by atoms with Gasteiger partial charge in [0, 0.05) is 6.54 Å². The van der Waals surface area contributed by atoms with Gasteiger partial charge in [-0.3, -0.25) is 4.99 Å². The summed E-state index contributed by atoms with van der Waals surface area (Å²) in [6.45, 7) is 2.22. The van der Waals surface area contributed by atoms with Gasteiger partial charge in [-0.2, -0.15) is 8.78 Å². The molecule has 0 radical (unpaired) electrons. The number of hydrogen-bond acceptors (Lipinski definition) is 5. The molecule has 2 aromatic rings. The SMILES string of the molecule is CCNC(=NCC(O)c1ccc(OC(F)F)cc1)NCC(C)Oc1ccc(OC)cc1. The molecule has 170 valence electrons. The number of aliphatic imine (C=N–C) groups is 1. The summed E-state index contributed by atoms with van der Waals surface area (Å²) in [4.78, 5) is 4.38. The van der Waals surface area contributed by atoms with Crippen LogP contribution in [0.5, 0.6) is 17.2 Å². The fourth-order valence-corrected chi connectivity index (χ4v) is 2.66. The number of hydrogen-bond donors (Lipinski definition) is 3. The van der Waals surface area contributed by atoms with Crippen LogP contribution in [0.15, 0.2) is 53.5 Å². The Morgan fingerprint density at radius 2 is 1.55 bits per heavy atom. The van der Waals surface area contributed by atoms with E-state index in [2.05, 4.69) is 20.4 Å². The van der Waals surface area contributed by atoms with Gasteiger partial charge < -0.3 is 30.0 Å². The quantitative estimate of drug-likeness (QED) is 0.369. The Labute approximate surface area is 181 Å². The van der Waals surface area contributed by atoms with E-state index < -0.39 is 12.7 Å². The lowest BCUT2D eigenvalue weighted by Gasteiger charge is -2.18. The Hall–Kier alpha value is -3.07. The van der Waals surface area contributed by atoms with Crippen LogP contribution >= 0.6 is 0 Å². The van der Waals surface area contributed by atoms with Crippen molar-refractivity contribution in [2.75, 3.05) is 26.7 Å². The third-order valence-corrected chi connectivity index (χ3v) is 4.21. The van der Waals surface area contributed by atoms with Crippen molar-refractivity contribution in [2.45, 2.75) is 32.7 Å². The standard InChI is InChI=1S/C22H29F2N3O4/c1-4-25-22(26-13-15(2)30-18-11-9-17(29-3)10-12-18)27-14-20(28)16-5-7-19(8-6-16)31-21(23)24/h5-12,15,20-21,28H,4,13-14H2,1-3H3,(H2,25,26,27). The first-order valence-electron chi connectivity index (χ1n) is 9.97. The van der Waals surface area contributed by atoms with Crippen molar-refractivity contribution in [1.82, 2.24) is 10.6 Å². The summed E-state index contributed by atoms with van der Waals surface area (Å²) in [6.07, 6.45) is -1.02. The molecule has 31 heavy (non-hydrogen) atoms. The molecule has 0 aliphatic heterocycles. The molecule has 2 unspecified atom stereocenters. The fraction of sp³-hybridized carbons (Fsp3) is 0.409. The second kappa shape index (κ2) is 12.6. The molecule has 2 atom stereocenters. The monoisotopic (exact) mass is 437 g/mol. The third-order valence-electron chi connectivity index (χ3n) is 4.21. The number of ether oxygens (including phenoxy) is 3. The Morgan fingerprint density at radius 1 is 0.968 bits per heavy atom. The van der Waals surface area contributed by atoms with Gasteiger partial charge in [-0.25, -0.2) is 0 Å². The lowest BCUT2D eigenvalue weighted by molar-refractivity contribution is -0.0498. The minimum atomic E-state index is -2.88. The van der Waals surface area contributed by atoms with E-state index in [9.17, 15) is 13.9 Å². The van der Waals surface area contributed by atoms with E-state index >= 15 is 0 Å². The number of aliphatic hydroxyl groups is 1. The van der Waals surface area contributed by atoms with Crippen molar-refractivity contribution < 1.29 is 28.1 Å². The maximum Gasteiger partial charge on any atom is 0.387 e. The van der Waals surface area contributed by atoms with Crippen molar-refractivity contribution in [3.63, 3.8) is 0 Å². The molecule has 9 heteroatoms. The molecule has 0 aliphatic carbocycles.